The quantitative estimate of drug-likeness (QED) is 0.197. The SMILES string of the molecule is CCOC(=O)c1[nH]c(C)c(/C(O)=C2\C(=O)C(=O)N(CCN(CC)CC)C2c2ccc(OC)c(OC)c2)c1C. The normalized spacial score (nSPS) is 16.8. The van der Waals surface area contributed by atoms with Gasteiger partial charge in [-0.15, -0.1) is 0 Å². The summed E-state index contributed by atoms with van der Waals surface area (Å²) >= 11 is 0. The zero-order valence-electron chi connectivity index (χ0n) is 23.1. The fraction of sp³-hybridized carbons (Fsp3) is 0.464. The Balaban J connectivity index is 2.22. The highest BCUT2D eigenvalue weighted by Crippen LogP contribution is 2.43. The van der Waals surface area contributed by atoms with Crippen molar-refractivity contribution in [2.45, 2.75) is 40.7 Å². The first-order chi connectivity index (χ1) is 18.1. The van der Waals surface area contributed by atoms with Crippen LogP contribution in [0, 0.1) is 13.8 Å². The molecular formula is C28H37N3O7. The zero-order valence-corrected chi connectivity index (χ0v) is 23.1. The predicted octanol–water partition coefficient (Wildman–Crippen LogP) is 3.59. The van der Waals surface area contributed by atoms with Crippen molar-refractivity contribution in [1.29, 1.82) is 0 Å². The van der Waals surface area contributed by atoms with Crippen molar-refractivity contribution < 1.29 is 33.7 Å². The molecule has 1 unspecified atom stereocenters. The first kappa shape index (κ1) is 28.8. The number of aromatic nitrogens is 1. The molecule has 1 saturated heterocycles. The van der Waals surface area contributed by atoms with Crippen molar-refractivity contribution in [1.82, 2.24) is 14.8 Å². The largest absolute Gasteiger partial charge is 0.507 e. The van der Waals surface area contributed by atoms with E-state index >= 15 is 0 Å². The van der Waals surface area contributed by atoms with Crippen LogP contribution in [0.4, 0.5) is 0 Å². The van der Waals surface area contributed by atoms with Gasteiger partial charge in [0.25, 0.3) is 11.7 Å². The fourth-order valence-corrected chi connectivity index (χ4v) is 4.92. The van der Waals surface area contributed by atoms with Gasteiger partial charge in [-0.25, -0.2) is 4.79 Å². The van der Waals surface area contributed by atoms with E-state index in [1.54, 1.807) is 39.0 Å². The summed E-state index contributed by atoms with van der Waals surface area (Å²) in [6, 6.07) is 4.28. The van der Waals surface area contributed by atoms with Crippen molar-refractivity contribution in [2.75, 3.05) is 47.0 Å². The summed E-state index contributed by atoms with van der Waals surface area (Å²) in [5.74, 6) is -1.49. The number of Topliss-reactive ketones (excluding diaryl/α,β-unsaturated/α-hetero) is 1. The number of methoxy groups -OCH3 is 2. The number of likely N-dealkylation sites (N-methyl/N-ethyl adjacent to an activating group) is 1. The number of amides is 1. The number of aliphatic hydroxyl groups is 1. The van der Waals surface area contributed by atoms with Gasteiger partial charge in [0, 0.05) is 24.3 Å². The number of ketones is 1. The van der Waals surface area contributed by atoms with Crippen LogP contribution in [-0.2, 0) is 14.3 Å². The van der Waals surface area contributed by atoms with Crippen LogP contribution in [0.15, 0.2) is 23.8 Å². The average molecular weight is 528 g/mol. The summed E-state index contributed by atoms with van der Waals surface area (Å²) in [5.41, 5.74) is 1.91. The Morgan fingerprint density at radius 2 is 1.74 bits per heavy atom. The molecule has 2 aromatic rings. The van der Waals surface area contributed by atoms with Gasteiger partial charge < -0.3 is 34.1 Å². The van der Waals surface area contributed by atoms with E-state index in [0.717, 1.165) is 13.1 Å². The lowest BCUT2D eigenvalue weighted by atomic mass is 9.93. The Kier molecular flexibility index (Phi) is 9.22. The summed E-state index contributed by atoms with van der Waals surface area (Å²) in [6.45, 7) is 11.7. The number of H-pyrrole nitrogens is 1. The number of carbonyl (C=O) groups is 3. The molecule has 3 rings (SSSR count). The number of ether oxygens (including phenoxy) is 3. The van der Waals surface area contributed by atoms with Crippen molar-refractivity contribution in [3.05, 3.63) is 51.9 Å². The third-order valence-electron chi connectivity index (χ3n) is 6.97. The van der Waals surface area contributed by atoms with Crippen LogP contribution in [0.1, 0.15) is 59.7 Å². The number of aryl methyl sites for hydroxylation is 1. The van der Waals surface area contributed by atoms with E-state index in [1.807, 2.05) is 13.8 Å². The molecule has 2 N–H and O–H groups in total. The molecule has 1 aromatic heterocycles. The molecule has 2 heterocycles. The van der Waals surface area contributed by atoms with Gasteiger partial charge in [0.1, 0.15) is 11.5 Å². The van der Waals surface area contributed by atoms with Crippen molar-refractivity contribution in [3.63, 3.8) is 0 Å². The number of esters is 1. The minimum Gasteiger partial charge on any atom is -0.507 e. The van der Waals surface area contributed by atoms with Crippen LogP contribution in [0.5, 0.6) is 11.5 Å². The highest BCUT2D eigenvalue weighted by atomic mass is 16.5. The Morgan fingerprint density at radius 3 is 2.32 bits per heavy atom. The van der Waals surface area contributed by atoms with Crippen LogP contribution in [0.2, 0.25) is 0 Å². The Hall–Kier alpha value is -3.79. The number of aromatic amines is 1. The lowest BCUT2D eigenvalue weighted by Gasteiger charge is -2.28. The lowest BCUT2D eigenvalue weighted by molar-refractivity contribution is -0.140. The first-order valence-corrected chi connectivity index (χ1v) is 12.7. The van der Waals surface area contributed by atoms with Gasteiger partial charge in [-0.1, -0.05) is 19.9 Å². The summed E-state index contributed by atoms with van der Waals surface area (Å²) in [7, 11) is 3.02. The maximum absolute atomic E-state index is 13.5. The van der Waals surface area contributed by atoms with Crippen LogP contribution < -0.4 is 9.47 Å². The first-order valence-electron chi connectivity index (χ1n) is 12.7. The minimum absolute atomic E-state index is 0.0534. The van der Waals surface area contributed by atoms with Gasteiger partial charge in [-0.2, -0.15) is 0 Å². The number of rotatable bonds is 11. The Bertz CT molecular complexity index is 1240. The molecule has 38 heavy (non-hydrogen) atoms. The average Bonchev–Trinajstić information content (AvgIpc) is 3.35. The van der Waals surface area contributed by atoms with Gasteiger partial charge in [-0.3, -0.25) is 9.59 Å². The molecule has 0 radical (unpaired) electrons. The molecule has 1 amide bonds. The van der Waals surface area contributed by atoms with Gasteiger partial charge in [0.15, 0.2) is 11.5 Å². The summed E-state index contributed by atoms with van der Waals surface area (Å²) in [6.07, 6.45) is 0. The van der Waals surface area contributed by atoms with Gasteiger partial charge in [0.05, 0.1) is 32.4 Å². The highest BCUT2D eigenvalue weighted by molar-refractivity contribution is 6.46. The summed E-state index contributed by atoms with van der Waals surface area (Å²) < 4.78 is 16.0. The lowest BCUT2D eigenvalue weighted by Crippen LogP contribution is -2.38. The van der Waals surface area contributed by atoms with Crippen molar-refractivity contribution in [3.8, 4) is 11.5 Å². The topological polar surface area (TPSA) is 121 Å². The van der Waals surface area contributed by atoms with Gasteiger partial charge >= 0.3 is 5.97 Å². The van der Waals surface area contributed by atoms with Crippen LogP contribution in [-0.4, -0.2) is 84.6 Å². The van der Waals surface area contributed by atoms with Crippen LogP contribution >= 0.6 is 0 Å². The third kappa shape index (κ3) is 5.26. The second kappa shape index (κ2) is 12.2. The highest BCUT2D eigenvalue weighted by Gasteiger charge is 2.46. The van der Waals surface area contributed by atoms with Crippen molar-refractivity contribution in [2.24, 2.45) is 0 Å². The molecule has 1 fully saturated rings. The van der Waals surface area contributed by atoms with Gasteiger partial charge in [0.2, 0.25) is 0 Å². The van der Waals surface area contributed by atoms with E-state index in [-0.39, 0.29) is 30.2 Å². The van der Waals surface area contributed by atoms with Gasteiger partial charge in [-0.05, 0) is 57.1 Å². The molecule has 10 nitrogen and oxygen atoms in total. The molecule has 1 aliphatic heterocycles. The molecule has 1 aromatic carbocycles. The number of likely N-dealkylation sites (tertiary alicyclic amines) is 1. The molecule has 1 aliphatic rings. The second-order valence-electron chi connectivity index (χ2n) is 8.98. The Morgan fingerprint density at radius 1 is 1.08 bits per heavy atom. The second-order valence-corrected chi connectivity index (χ2v) is 8.98. The zero-order chi connectivity index (χ0) is 28.1. The number of hydrogen-bond acceptors (Lipinski definition) is 8. The van der Waals surface area contributed by atoms with E-state index < -0.39 is 23.7 Å². The molecule has 0 saturated carbocycles. The maximum Gasteiger partial charge on any atom is 0.355 e. The third-order valence-corrected chi connectivity index (χ3v) is 6.97. The number of nitrogens with zero attached hydrogens (tertiary/aromatic N) is 2. The number of aliphatic hydroxyl groups excluding tert-OH is 1. The smallest absolute Gasteiger partial charge is 0.355 e. The van der Waals surface area contributed by atoms with Crippen LogP contribution in [0.3, 0.4) is 0 Å². The molecule has 0 bridgehead atoms. The molecule has 10 heteroatoms. The van der Waals surface area contributed by atoms with E-state index in [2.05, 4.69) is 9.88 Å². The maximum atomic E-state index is 13.5. The number of hydrogen-bond donors (Lipinski definition) is 2. The predicted molar refractivity (Wildman–Crippen MR) is 143 cm³/mol. The van der Waals surface area contributed by atoms with E-state index in [9.17, 15) is 19.5 Å². The monoisotopic (exact) mass is 527 g/mol. The van der Waals surface area contributed by atoms with Crippen LogP contribution in [0.25, 0.3) is 5.76 Å². The summed E-state index contributed by atoms with van der Waals surface area (Å²) in [4.78, 5) is 45.9. The Labute approximate surface area is 223 Å². The molecule has 206 valence electrons. The van der Waals surface area contributed by atoms with Crippen molar-refractivity contribution >= 4 is 23.4 Å². The summed E-state index contributed by atoms with van der Waals surface area (Å²) in [5, 5.41) is 11.6. The molecule has 0 aliphatic carbocycles. The fourth-order valence-electron chi connectivity index (χ4n) is 4.92. The van der Waals surface area contributed by atoms with E-state index in [1.165, 1.54) is 19.1 Å². The number of benzene rings is 1. The van der Waals surface area contributed by atoms with E-state index in [4.69, 9.17) is 14.2 Å². The van der Waals surface area contributed by atoms with E-state index in [0.29, 0.717) is 40.4 Å². The molecule has 0 spiro atoms. The molecular weight excluding hydrogens is 490 g/mol. The number of nitrogens with one attached hydrogen (secondary N) is 1. The number of carbonyl (C=O) groups excluding carboxylic acids is 3. The molecule has 1 atom stereocenters. The standard InChI is InChI=1S/C28H37N3O7/c1-8-30(9-2)13-14-31-24(18-11-12-19(36-6)20(15-18)37-7)22(26(33)27(31)34)25(32)21-16(4)23(29-17(21)5)28(35)38-10-3/h11-12,15,24,29,32H,8-10,13-14H2,1-7H3/b25-22+. The minimum atomic E-state index is -0.870.